The zero-order valence-corrected chi connectivity index (χ0v) is 11.3. The molecule has 1 aromatic carbocycles. The number of ether oxygens (including phenoxy) is 1. The molecule has 0 aliphatic rings. The Labute approximate surface area is 117 Å². The van der Waals surface area contributed by atoms with Crippen LogP contribution < -0.4 is 10.1 Å². The standard InChI is InChI=1S/C15H16N2O3/c1-10(18)12-7-8-15(16-9-12)20-14-6-4-3-5-13(14)17-11(2)19/h3-10,18H,1-2H3,(H,17,19)/t10-/m0/s1. The Bertz CT molecular complexity index is 594. The molecule has 1 heterocycles. The molecule has 5 nitrogen and oxygen atoms in total. The van der Waals surface area contributed by atoms with Crippen LogP contribution in [-0.4, -0.2) is 16.0 Å². The molecule has 0 bridgehead atoms. The lowest BCUT2D eigenvalue weighted by Crippen LogP contribution is -2.06. The van der Waals surface area contributed by atoms with Crippen LogP contribution in [0.25, 0.3) is 0 Å². The van der Waals surface area contributed by atoms with E-state index in [9.17, 15) is 9.90 Å². The predicted molar refractivity (Wildman–Crippen MR) is 75.7 cm³/mol. The summed E-state index contributed by atoms with van der Waals surface area (Å²) in [6.07, 6.45) is 0.990. The van der Waals surface area contributed by atoms with E-state index in [1.54, 1.807) is 37.4 Å². The molecule has 0 aliphatic carbocycles. The number of aliphatic hydroxyl groups excluding tert-OH is 1. The number of hydrogen-bond acceptors (Lipinski definition) is 4. The molecule has 2 rings (SSSR count). The maximum atomic E-state index is 11.1. The van der Waals surface area contributed by atoms with E-state index in [0.29, 0.717) is 22.9 Å². The molecule has 1 atom stereocenters. The van der Waals surface area contributed by atoms with Gasteiger partial charge in [0.2, 0.25) is 11.8 Å². The number of rotatable bonds is 4. The van der Waals surface area contributed by atoms with Crippen molar-refractivity contribution in [2.45, 2.75) is 20.0 Å². The number of hydrogen-bond donors (Lipinski definition) is 2. The molecule has 2 N–H and O–H groups in total. The highest BCUT2D eigenvalue weighted by Crippen LogP contribution is 2.28. The number of carbonyl (C=O) groups excluding carboxylic acids is 1. The number of para-hydroxylation sites is 2. The predicted octanol–water partition coefficient (Wildman–Crippen LogP) is 2.89. The Kier molecular flexibility index (Phi) is 4.32. The van der Waals surface area contributed by atoms with Crippen molar-refractivity contribution in [3.05, 3.63) is 48.2 Å². The van der Waals surface area contributed by atoms with Gasteiger partial charge in [-0.05, 0) is 30.7 Å². The highest BCUT2D eigenvalue weighted by atomic mass is 16.5. The summed E-state index contributed by atoms with van der Waals surface area (Å²) < 4.78 is 5.64. The Morgan fingerprint density at radius 1 is 1.30 bits per heavy atom. The van der Waals surface area contributed by atoms with Crippen LogP contribution in [0.5, 0.6) is 11.6 Å². The summed E-state index contributed by atoms with van der Waals surface area (Å²) in [7, 11) is 0. The van der Waals surface area contributed by atoms with Gasteiger partial charge in [-0.15, -0.1) is 0 Å². The summed E-state index contributed by atoms with van der Waals surface area (Å²) in [6, 6.07) is 10.5. The Morgan fingerprint density at radius 3 is 2.65 bits per heavy atom. The number of nitrogens with zero attached hydrogens (tertiary/aromatic N) is 1. The van der Waals surface area contributed by atoms with Crippen LogP contribution in [0.4, 0.5) is 5.69 Å². The number of aromatic nitrogens is 1. The van der Waals surface area contributed by atoms with Gasteiger partial charge in [-0.25, -0.2) is 4.98 Å². The number of carbonyl (C=O) groups is 1. The van der Waals surface area contributed by atoms with Crippen molar-refractivity contribution < 1.29 is 14.6 Å². The number of amides is 1. The van der Waals surface area contributed by atoms with E-state index in [-0.39, 0.29) is 5.91 Å². The van der Waals surface area contributed by atoms with Crippen molar-refractivity contribution in [1.29, 1.82) is 0 Å². The fourth-order valence-corrected chi connectivity index (χ4v) is 1.66. The van der Waals surface area contributed by atoms with Gasteiger partial charge in [-0.1, -0.05) is 12.1 Å². The van der Waals surface area contributed by atoms with Gasteiger partial charge in [0.05, 0.1) is 11.8 Å². The van der Waals surface area contributed by atoms with Crippen LogP contribution in [0.3, 0.4) is 0 Å². The van der Waals surface area contributed by atoms with Crippen molar-refractivity contribution in [3.63, 3.8) is 0 Å². The third-order valence-electron chi connectivity index (χ3n) is 2.65. The van der Waals surface area contributed by atoms with Crippen molar-refractivity contribution in [2.24, 2.45) is 0 Å². The molecule has 1 aromatic heterocycles. The van der Waals surface area contributed by atoms with Crippen molar-refractivity contribution >= 4 is 11.6 Å². The molecule has 0 unspecified atom stereocenters. The summed E-state index contributed by atoms with van der Waals surface area (Å²) >= 11 is 0. The SMILES string of the molecule is CC(=O)Nc1ccccc1Oc1ccc([C@H](C)O)cn1. The average Bonchev–Trinajstić information content (AvgIpc) is 2.41. The molecule has 0 spiro atoms. The second-order valence-electron chi connectivity index (χ2n) is 4.39. The van der Waals surface area contributed by atoms with E-state index in [1.165, 1.54) is 6.92 Å². The van der Waals surface area contributed by atoms with Crippen molar-refractivity contribution in [1.82, 2.24) is 4.98 Å². The Hall–Kier alpha value is -2.40. The number of aliphatic hydroxyl groups is 1. The number of anilines is 1. The minimum atomic E-state index is -0.566. The van der Waals surface area contributed by atoms with E-state index in [0.717, 1.165) is 0 Å². The summed E-state index contributed by atoms with van der Waals surface area (Å²) in [5.74, 6) is 0.741. The van der Waals surface area contributed by atoms with Crippen LogP contribution >= 0.6 is 0 Å². The van der Waals surface area contributed by atoms with E-state index in [2.05, 4.69) is 10.3 Å². The van der Waals surface area contributed by atoms with Crippen molar-refractivity contribution in [2.75, 3.05) is 5.32 Å². The Morgan fingerprint density at radius 2 is 2.05 bits per heavy atom. The molecule has 0 aliphatic heterocycles. The molecular weight excluding hydrogens is 256 g/mol. The maximum Gasteiger partial charge on any atom is 0.221 e. The third-order valence-corrected chi connectivity index (χ3v) is 2.65. The molecule has 0 radical (unpaired) electrons. The summed E-state index contributed by atoms with van der Waals surface area (Å²) in [5.41, 5.74) is 1.30. The highest BCUT2D eigenvalue weighted by Gasteiger charge is 2.07. The zero-order chi connectivity index (χ0) is 14.5. The molecular formula is C15H16N2O3. The smallest absolute Gasteiger partial charge is 0.221 e. The first kappa shape index (κ1) is 14.0. The number of benzene rings is 1. The van der Waals surface area contributed by atoms with Gasteiger partial charge in [0.15, 0.2) is 5.75 Å². The zero-order valence-electron chi connectivity index (χ0n) is 11.3. The topological polar surface area (TPSA) is 71.5 Å². The lowest BCUT2D eigenvalue weighted by Gasteiger charge is -2.11. The minimum Gasteiger partial charge on any atom is -0.437 e. The van der Waals surface area contributed by atoms with Gasteiger partial charge in [0.1, 0.15) is 0 Å². The van der Waals surface area contributed by atoms with Gasteiger partial charge >= 0.3 is 0 Å². The maximum absolute atomic E-state index is 11.1. The fraction of sp³-hybridized carbons (Fsp3) is 0.200. The first-order chi connectivity index (χ1) is 9.56. The fourth-order valence-electron chi connectivity index (χ4n) is 1.66. The number of nitrogens with one attached hydrogen (secondary N) is 1. The van der Waals surface area contributed by atoms with Crippen LogP contribution in [0.15, 0.2) is 42.6 Å². The highest BCUT2D eigenvalue weighted by molar-refractivity contribution is 5.90. The molecule has 1 amide bonds. The van der Waals surface area contributed by atoms with Gasteiger partial charge in [-0.2, -0.15) is 0 Å². The first-order valence-electron chi connectivity index (χ1n) is 6.25. The molecule has 104 valence electrons. The first-order valence-corrected chi connectivity index (χ1v) is 6.25. The van der Waals surface area contributed by atoms with Gasteiger partial charge in [-0.3, -0.25) is 4.79 Å². The van der Waals surface area contributed by atoms with E-state index >= 15 is 0 Å². The summed E-state index contributed by atoms with van der Waals surface area (Å²) in [4.78, 5) is 15.2. The lowest BCUT2D eigenvalue weighted by atomic mass is 10.2. The second kappa shape index (κ2) is 6.16. The van der Waals surface area contributed by atoms with Gasteiger partial charge < -0.3 is 15.2 Å². The minimum absolute atomic E-state index is 0.168. The molecule has 0 saturated carbocycles. The quantitative estimate of drug-likeness (QED) is 0.897. The molecule has 0 fully saturated rings. The summed E-state index contributed by atoms with van der Waals surface area (Å²) in [5, 5.41) is 12.1. The van der Waals surface area contributed by atoms with E-state index in [1.807, 2.05) is 12.1 Å². The molecule has 20 heavy (non-hydrogen) atoms. The van der Waals surface area contributed by atoms with Gasteiger partial charge in [0, 0.05) is 19.2 Å². The normalized spacial score (nSPS) is 11.8. The largest absolute Gasteiger partial charge is 0.437 e. The van der Waals surface area contributed by atoms with Crippen LogP contribution in [0.1, 0.15) is 25.5 Å². The average molecular weight is 272 g/mol. The number of pyridine rings is 1. The monoisotopic (exact) mass is 272 g/mol. The molecule has 2 aromatic rings. The van der Waals surface area contributed by atoms with Crippen LogP contribution in [-0.2, 0) is 4.79 Å². The van der Waals surface area contributed by atoms with Gasteiger partial charge in [0.25, 0.3) is 0 Å². The second-order valence-corrected chi connectivity index (χ2v) is 4.39. The van der Waals surface area contributed by atoms with Crippen LogP contribution in [0, 0.1) is 0 Å². The summed E-state index contributed by atoms with van der Waals surface area (Å²) in [6.45, 7) is 3.11. The van der Waals surface area contributed by atoms with Crippen LogP contribution in [0.2, 0.25) is 0 Å². The molecule has 0 saturated heterocycles. The van der Waals surface area contributed by atoms with E-state index < -0.39 is 6.10 Å². The molecule has 5 heteroatoms. The van der Waals surface area contributed by atoms with E-state index in [4.69, 9.17) is 4.74 Å². The third kappa shape index (κ3) is 3.55. The van der Waals surface area contributed by atoms with Crippen molar-refractivity contribution in [3.8, 4) is 11.6 Å². The lowest BCUT2D eigenvalue weighted by molar-refractivity contribution is -0.114. The Balaban J connectivity index is 2.19.